The Balaban J connectivity index is 2.57. The molecule has 1 atom stereocenters. The molecule has 1 aromatic heterocycles. The first kappa shape index (κ1) is 14.5. The van der Waals surface area contributed by atoms with E-state index in [-0.39, 0.29) is 0 Å². The minimum atomic E-state index is 0.517. The topological polar surface area (TPSA) is 42.2 Å². The van der Waals surface area contributed by atoms with Crippen molar-refractivity contribution in [3.05, 3.63) is 29.6 Å². The lowest BCUT2D eigenvalue weighted by molar-refractivity contribution is 0.244. The summed E-state index contributed by atoms with van der Waals surface area (Å²) in [4.78, 5) is 6.68. The van der Waals surface area contributed by atoms with E-state index >= 15 is 0 Å². The third-order valence-corrected chi connectivity index (χ3v) is 3.73. The summed E-state index contributed by atoms with van der Waals surface area (Å²) in [6.45, 7) is 3.72. The summed E-state index contributed by atoms with van der Waals surface area (Å²) in [7, 11) is 2.16. The van der Waals surface area contributed by atoms with Crippen molar-refractivity contribution in [3.63, 3.8) is 0 Å². The molecule has 1 aromatic rings. The van der Waals surface area contributed by atoms with Crippen molar-refractivity contribution in [3.8, 4) is 0 Å². The number of thioether (sulfide) groups is 1. The molecule has 1 heterocycles. The Bertz CT molecular complexity index is 330. The van der Waals surface area contributed by atoms with Crippen LogP contribution in [0.5, 0.6) is 0 Å². The number of nitrogens with zero attached hydrogens (tertiary/aromatic N) is 2. The highest BCUT2D eigenvalue weighted by Crippen LogP contribution is 2.12. The van der Waals surface area contributed by atoms with Crippen LogP contribution in [0.4, 0.5) is 0 Å². The van der Waals surface area contributed by atoms with Crippen LogP contribution >= 0.6 is 11.8 Å². The summed E-state index contributed by atoms with van der Waals surface area (Å²) >= 11 is 1.90. The molecule has 0 amide bonds. The zero-order chi connectivity index (χ0) is 12.7. The number of hydrogen-bond acceptors (Lipinski definition) is 4. The third kappa shape index (κ3) is 4.66. The Labute approximate surface area is 109 Å². The Morgan fingerprint density at radius 2 is 2.29 bits per heavy atom. The number of hydrogen-bond donors (Lipinski definition) is 1. The first-order chi connectivity index (χ1) is 8.19. The van der Waals surface area contributed by atoms with Gasteiger partial charge in [-0.05, 0) is 44.0 Å². The van der Waals surface area contributed by atoms with Crippen LogP contribution < -0.4 is 5.73 Å². The van der Waals surface area contributed by atoms with E-state index < -0.39 is 0 Å². The van der Waals surface area contributed by atoms with E-state index in [0.717, 1.165) is 12.2 Å². The number of pyridine rings is 1. The maximum atomic E-state index is 5.70. The van der Waals surface area contributed by atoms with Gasteiger partial charge in [-0.15, -0.1) is 0 Å². The van der Waals surface area contributed by atoms with Gasteiger partial charge in [0, 0.05) is 25.3 Å². The molecule has 4 heteroatoms. The van der Waals surface area contributed by atoms with E-state index in [1.165, 1.54) is 17.7 Å². The summed E-state index contributed by atoms with van der Waals surface area (Å²) in [6, 6.07) is 4.69. The van der Waals surface area contributed by atoms with Crippen molar-refractivity contribution in [2.75, 3.05) is 19.1 Å². The third-order valence-electron chi connectivity index (χ3n) is 3.09. The fourth-order valence-corrected chi connectivity index (χ4v) is 2.31. The first-order valence-electron chi connectivity index (χ1n) is 6.01. The van der Waals surface area contributed by atoms with Crippen LogP contribution in [0.25, 0.3) is 0 Å². The molecule has 0 aliphatic rings. The second kappa shape index (κ2) is 7.69. The first-order valence-corrected chi connectivity index (χ1v) is 7.40. The van der Waals surface area contributed by atoms with E-state index in [9.17, 15) is 0 Å². The van der Waals surface area contributed by atoms with Gasteiger partial charge in [-0.3, -0.25) is 9.88 Å². The second-order valence-corrected chi connectivity index (χ2v) is 5.34. The molecule has 0 aromatic carbocycles. The van der Waals surface area contributed by atoms with Crippen LogP contribution in [-0.4, -0.2) is 35.0 Å². The number of nitrogens with two attached hydrogens (primary N) is 1. The van der Waals surface area contributed by atoms with Crippen LogP contribution in [-0.2, 0) is 13.1 Å². The normalized spacial score (nSPS) is 13.0. The number of aromatic nitrogens is 1. The summed E-state index contributed by atoms with van der Waals surface area (Å²) < 4.78 is 0. The Hall–Kier alpha value is -0.580. The summed E-state index contributed by atoms with van der Waals surface area (Å²) in [6.07, 6.45) is 5.18. The van der Waals surface area contributed by atoms with Crippen molar-refractivity contribution < 1.29 is 0 Å². The summed E-state index contributed by atoms with van der Waals surface area (Å²) in [5, 5.41) is 0. The molecule has 0 bridgehead atoms. The van der Waals surface area contributed by atoms with Crippen molar-refractivity contribution in [1.82, 2.24) is 9.88 Å². The monoisotopic (exact) mass is 253 g/mol. The van der Waals surface area contributed by atoms with Gasteiger partial charge in [0.1, 0.15) is 0 Å². The fourth-order valence-electron chi connectivity index (χ4n) is 1.73. The minimum Gasteiger partial charge on any atom is -0.325 e. The Morgan fingerprint density at radius 3 is 2.94 bits per heavy atom. The molecule has 0 radical (unpaired) electrons. The molecule has 0 saturated carbocycles. The molecule has 0 fully saturated rings. The van der Waals surface area contributed by atoms with Gasteiger partial charge in [0.05, 0.1) is 5.69 Å². The average Bonchev–Trinajstić information content (AvgIpc) is 2.36. The van der Waals surface area contributed by atoms with Crippen molar-refractivity contribution in [2.24, 2.45) is 5.73 Å². The van der Waals surface area contributed by atoms with E-state index in [4.69, 9.17) is 5.73 Å². The lowest BCUT2D eigenvalue weighted by atomic mass is 10.1. The molecular formula is C13H23N3S. The molecule has 1 rings (SSSR count). The molecule has 0 aliphatic carbocycles. The van der Waals surface area contributed by atoms with Gasteiger partial charge >= 0.3 is 0 Å². The molecular weight excluding hydrogens is 230 g/mol. The predicted octanol–water partition coefficient (Wildman–Crippen LogP) is 2.11. The van der Waals surface area contributed by atoms with Crippen molar-refractivity contribution in [1.29, 1.82) is 0 Å². The maximum Gasteiger partial charge on any atom is 0.0584 e. The predicted molar refractivity (Wildman–Crippen MR) is 76.1 cm³/mol. The van der Waals surface area contributed by atoms with Crippen LogP contribution in [0.15, 0.2) is 18.3 Å². The zero-order valence-electron chi connectivity index (χ0n) is 11.0. The highest BCUT2D eigenvalue weighted by Gasteiger charge is 2.11. The van der Waals surface area contributed by atoms with Crippen molar-refractivity contribution in [2.45, 2.75) is 32.5 Å². The van der Waals surface area contributed by atoms with E-state index in [1.54, 1.807) is 0 Å². The smallest absolute Gasteiger partial charge is 0.0584 e. The maximum absolute atomic E-state index is 5.70. The zero-order valence-corrected chi connectivity index (χ0v) is 11.8. The lowest BCUT2D eigenvalue weighted by Gasteiger charge is -2.25. The number of rotatable bonds is 7. The quantitative estimate of drug-likeness (QED) is 0.808. The van der Waals surface area contributed by atoms with Gasteiger partial charge in [0.15, 0.2) is 0 Å². The molecule has 3 nitrogen and oxygen atoms in total. The lowest BCUT2D eigenvalue weighted by Crippen LogP contribution is -2.29. The highest BCUT2D eigenvalue weighted by molar-refractivity contribution is 7.98. The standard InChI is InChI=1S/C13H23N3S/c1-11(6-8-17-3)16(2)10-12-5-4-7-15-13(12)9-14/h4-5,7,11H,6,8-10,14H2,1-3H3. The van der Waals surface area contributed by atoms with E-state index in [2.05, 4.69) is 36.2 Å². The molecule has 0 aliphatic heterocycles. The Morgan fingerprint density at radius 1 is 1.53 bits per heavy atom. The largest absolute Gasteiger partial charge is 0.325 e. The Kier molecular flexibility index (Phi) is 6.55. The van der Waals surface area contributed by atoms with Gasteiger partial charge in [0.25, 0.3) is 0 Å². The summed E-state index contributed by atoms with van der Waals surface area (Å²) in [5.74, 6) is 1.21. The molecule has 17 heavy (non-hydrogen) atoms. The van der Waals surface area contributed by atoms with E-state index in [0.29, 0.717) is 12.6 Å². The van der Waals surface area contributed by atoms with Crippen LogP contribution in [0, 0.1) is 0 Å². The van der Waals surface area contributed by atoms with Crippen LogP contribution in [0.3, 0.4) is 0 Å². The SMILES string of the molecule is CSCCC(C)N(C)Cc1cccnc1CN. The van der Waals surface area contributed by atoms with E-state index in [1.807, 2.05) is 24.0 Å². The van der Waals surface area contributed by atoms with Gasteiger partial charge < -0.3 is 5.73 Å². The van der Waals surface area contributed by atoms with Crippen molar-refractivity contribution >= 4 is 11.8 Å². The summed E-state index contributed by atoms with van der Waals surface area (Å²) in [5.41, 5.74) is 7.95. The molecule has 0 saturated heterocycles. The average molecular weight is 253 g/mol. The molecule has 1 unspecified atom stereocenters. The highest BCUT2D eigenvalue weighted by atomic mass is 32.2. The van der Waals surface area contributed by atoms with Gasteiger partial charge in [-0.1, -0.05) is 6.07 Å². The second-order valence-electron chi connectivity index (χ2n) is 4.36. The minimum absolute atomic E-state index is 0.517. The molecule has 96 valence electrons. The van der Waals surface area contributed by atoms with Gasteiger partial charge in [-0.25, -0.2) is 0 Å². The molecule has 0 spiro atoms. The van der Waals surface area contributed by atoms with Gasteiger partial charge in [-0.2, -0.15) is 11.8 Å². The van der Waals surface area contributed by atoms with Crippen LogP contribution in [0.2, 0.25) is 0 Å². The van der Waals surface area contributed by atoms with Gasteiger partial charge in [0.2, 0.25) is 0 Å². The van der Waals surface area contributed by atoms with Crippen LogP contribution in [0.1, 0.15) is 24.6 Å². The fraction of sp³-hybridized carbons (Fsp3) is 0.615. The molecule has 2 N–H and O–H groups in total.